The molecule has 2 aromatic heterocycles. The predicted molar refractivity (Wildman–Crippen MR) is 145 cm³/mol. The van der Waals surface area contributed by atoms with E-state index in [1.54, 1.807) is 18.2 Å². The van der Waals surface area contributed by atoms with Gasteiger partial charge in [0.25, 0.3) is 5.91 Å². The van der Waals surface area contributed by atoms with Crippen molar-refractivity contribution in [1.82, 2.24) is 30.3 Å². The van der Waals surface area contributed by atoms with Crippen molar-refractivity contribution in [1.29, 1.82) is 0 Å². The van der Waals surface area contributed by atoms with Gasteiger partial charge in [-0.3, -0.25) is 19.5 Å². The SMILES string of the molecule is Cc1nnc(NC(=O)CSc2nnc(CNC(=O)c3cc(Br)ccc3Cl)n2-c2cccc(C)c2C)s1. The van der Waals surface area contributed by atoms with E-state index in [9.17, 15) is 9.59 Å². The summed E-state index contributed by atoms with van der Waals surface area (Å²) < 4.78 is 2.61. The fraction of sp³-hybridized carbons (Fsp3) is 0.217. The number of thioether (sulfide) groups is 1. The van der Waals surface area contributed by atoms with Gasteiger partial charge in [-0.1, -0.05) is 62.8 Å². The molecule has 9 nitrogen and oxygen atoms in total. The molecule has 186 valence electrons. The lowest BCUT2D eigenvalue weighted by Gasteiger charge is -2.15. The second-order valence-electron chi connectivity index (χ2n) is 7.72. The molecule has 36 heavy (non-hydrogen) atoms. The van der Waals surface area contributed by atoms with Crippen LogP contribution in [0.4, 0.5) is 5.13 Å². The molecular formula is C23H21BrClN7O2S2. The quantitative estimate of drug-likeness (QED) is 0.268. The summed E-state index contributed by atoms with van der Waals surface area (Å²) >= 11 is 12.1. The number of benzene rings is 2. The Hall–Kier alpha value is -2.80. The molecule has 0 bridgehead atoms. The Morgan fingerprint density at radius 3 is 2.67 bits per heavy atom. The summed E-state index contributed by atoms with van der Waals surface area (Å²) in [6.07, 6.45) is 0. The van der Waals surface area contributed by atoms with Gasteiger partial charge >= 0.3 is 0 Å². The Kier molecular flexibility index (Phi) is 8.39. The van der Waals surface area contributed by atoms with Crippen LogP contribution in [0.25, 0.3) is 5.69 Å². The molecule has 0 spiro atoms. The Bertz CT molecular complexity index is 1440. The zero-order valence-corrected chi connectivity index (χ0v) is 23.5. The molecule has 4 rings (SSSR count). The van der Waals surface area contributed by atoms with Crippen LogP contribution in [-0.4, -0.2) is 42.5 Å². The van der Waals surface area contributed by atoms with Crippen molar-refractivity contribution in [3.63, 3.8) is 0 Å². The minimum Gasteiger partial charge on any atom is -0.345 e. The first-order chi connectivity index (χ1) is 17.2. The van der Waals surface area contributed by atoms with Crippen molar-refractivity contribution >= 4 is 67.6 Å². The average molecular weight is 607 g/mol. The number of nitrogens with one attached hydrogen (secondary N) is 2. The van der Waals surface area contributed by atoms with Gasteiger partial charge in [0.15, 0.2) is 11.0 Å². The minimum absolute atomic E-state index is 0.0988. The summed E-state index contributed by atoms with van der Waals surface area (Å²) in [7, 11) is 0. The number of nitrogens with zero attached hydrogens (tertiary/aromatic N) is 5. The first-order valence-corrected chi connectivity index (χ1v) is 13.7. The Morgan fingerprint density at radius 2 is 1.92 bits per heavy atom. The van der Waals surface area contributed by atoms with E-state index in [0.717, 1.165) is 26.3 Å². The van der Waals surface area contributed by atoms with Crippen molar-refractivity contribution < 1.29 is 9.59 Å². The number of aromatic nitrogens is 5. The number of amides is 2. The third-order valence-electron chi connectivity index (χ3n) is 5.20. The van der Waals surface area contributed by atoms with Crippen LogP contribution in [0.1, 0.15) is 32.3 Å². The number of hydrogen-bond donors (Lipinski definition) is 2. The normalized spacial score (nSPS) is 10.9. The van der Waals surface area contributed by atoms with E-state index in [0.29, 0.717) is 26.7 Å². The van der Waals surface area contributed by atoms with Gasteiger partial charge in [-0.15, -0.1) is 20.4 Å². The van der Waals surface area contributed by atoms with E-state index < -0.39 is 0 Å². The van der Waals surface area contributed by atoms with E-state index in [2.05, 4.69) is 47.0 Å². The molecule has 0 aliphatic heterocycles. The molecule has 4 aromatic rings. The monoisotopic (exact) mass is 605 g/mol. The van der Waals surface area contributed by atoms with Gasteiger partial charge in [-0.05, 0) is 56.2 Å². The molecular weight excluding hydrogens is 586 g/mol. The number of carbonyl (C=O) groups is 2. The minimum atomic E-state index is -0.335. The maximum atomic E-state index is 12.8. The lowest BCUT2D eigenvalue weighted by molar-refractivity contribution is -0.113. The van der Waals surface area contributed by atoms with Crippen molar-refractivity contribution in [3.8, 4) is 5.69 Å². The molecule has 0 fully saturated rings. The fourth-order valence-corrected chi connectivity index (χ4v) is 5.22. The summed E-state index contributed by atoms with van der Waals surface area (Å²) in [6.45, 7) is 5.95. The van der Waals surface area contributed by atoms with Gasteiger partial charge in [0.2, 0.25) is 11.0 Å². The summed E-state index contributed by atoms with van der Waals surface area (Å²) in [5.41, 5.74) is 3.35. The molecule has 2 aromatic carbocycles. The summed E-state index contributed by atoms with van der Waals surface area (Å²) in [5, 5.41) is 24.2. The lowest BCUT2D eigenvalue weighted by Crippen LogP contribution is -2.25. The van der Waals surface area contributed by atoms with Crippen molar-refractivity contribution in [2.45, 2.75) is 32.5 Å². The Morgan fingerprint density at radius 1 is 1.11 bits per heavy atom. The topological polar surface area (TPSA) is 115 Å². The second kappa shape index (κ2) is 11.5. The van der Waals surface area contributed by atoms with Crippen LogP contribution in [0.15, 0.2) is 46.0 Å². The molecule has 0 aliphatic rings. The molecule has 2 N–H and O–H groups in total. The largest absolute Gasteiger partial charge is 0.345 e. The van der Waals surface area contributed by atoms with E-state index in [1.807, 2.05) is 43.5 Å². The highest BCUT2D eigenvalue weighted by molar-refractivity contribution is 9.10. The van der Waals surface area contributed by atoms with Gasteiger partial charge < -0.3 is 5.32 Å². The van der Waals surface area contributed by atoms with Gasteiger partial charge in [0.1, 0.15) is 5.01 Å². The zero-order valence-electron chi connectivity index (χ0n) is 19.5. The zero-order chi connectivity index (χ0) is 25.8. The smallest absolute Gasteiger partial charge is 0.253 e. The van der Waals surface area contributed by atoms with E-state index >= 15 is 0 Å². The molecule has 13 heteroatoms. The molecule has 0 saturated carbocycles. The number of rotatable bonds is 8. The standard InChI is InChI=1S/C23H21BrClN7O2S2/c1-12-5-4-6-18(13(12)2)32-19(10-26-21(34)16-9-15(24)7-8-17(16)25)29-31-23(32)35-11-20(33)27-22-30-28-14(3)36-22/h4-9H,10-11H2,1-3H3,(H,26,34)(H,27,30,33). The molecule has 0 atom stereocenters. The van der Waals surface area contributed by atoms with E-state index in [4.69, 9.17) is 11.6 Å². The maximum absolute atomic E-state index is 12.8. The number of aryl methyl sites for hydroxylation is 2. The Labute approximate surface area is 229 Å². The van der Waals surface area contributed by atoms with Crippen LogP contribution in [0, 0.1) is 20.8 Å². The van der Waals surface area contributed by atoms with Crippen molar-refractivity contribution in [2.75, 3.05) is 11.1 Å². The highest BCUT2D eigenvalue weighted by Crippen LogP contribution is 2.27. The fourth-order valence-electron chi connectivity index (χ4n) is 3.29. The van der Waals surface area contributed by atoms with Crippen molar-refractivity contribution in [2.24, 2.45) is 0 Å². The van der Waals surface area contributed by atoms with E-state index in [-0.39, 0.29) is 24.1 Å². The predicted octanol–water partition coefficient (Wildman–Crippen LogP) is 5.12. The third-order valence-corrected chi connectivity index (χ3v) is 7.71. The van der Waals surface area contributed by atoms with E-state index in [1.165, 1.54) is 23.1 Å². The lowest BCUT2D eigenvalue weighted by atomic mass is 10.1. The summed E-state index contributed by atoms with van der Waals surface area (Å²) in [5.74, 6) is 0.0520. The summed E-state index contributed by atoms with van der Waals surface area (Å²) in [6, 6.07) is 11.0. The summed E-state index contributed by atoms with van der Waals surface area (Å²) in [4.78, 5) is 25.3. The Balaban J connectivity index is 1.56. The van der Waals surface area contributed by atoms with Crippen LogP contribution in [-0.2, 0) is 11.3 Å². The first kappa shape index (κ1) is 26.3. The van der Waals surface area contributed by atoms with Crippen LogP contribution in [0.5, 0.6) is 0 Å². The number of halogens is 2. The molecule has 2 amide bonds. The highest BCUT2D eigenvalue weighted by atomic mass is 79.9. The van der Waals surface area contributed by atoms with Crippen molar-refractivity contribution in [3.05, 3.63) is 73.4 Å². The molecule has 0 aliphatic carbocycles. The van der Waals surface area contributed by atoms with Crippen LogP contribution < -0.4 is 10.6 Å². The molecule has 0 unspecified atom stereocenters. The third kappa shape index (κ3) is 6.12. The highest BCUT2D eigenvalue weighted by Gasteiger charge is 2.20. The average Bonchev–Trinajstić information content (AvgIpc) is 3.44. The van der Waals surface area contributed by atoms with Gasteiger partial charge in [0, 0.05) is 4.47 Å². The van der Waals surface area contributed by atoms with Crippen LogP contribution >= 0.6 is 50.6 Å². The van der Waals surface area contributed by atoms with Crippen LogP contribution in [0.2, 0.25) is 5.02 Å². The molecule has 0 saturated heterocycles. The second-order valence-corrected chi connectivity index (χ2v) is 11.2. The first-order valence-electron chi connectivity index (χ1n) is 10.7. The van der Waals surface area contributed by atoms with Gasteiger partial charge in [-0.25, -0.2) is 0 Å². The van der Waals surface area contributed by atoms with Gasteiger partial charge in [0.05, 0.1) is 28.6 Å². The number of anilines is 1. The van der Waals surface area contributed by atoms with Crippen LogP contribution in [0.3, 0.4) is 0 Å². The molecule has 2 heterocycles. The number of carbonyl (C=O) groups excluding carboxylic acids is 2. The maximum Gasteiger partial charge on any atom is 0.253 e. The van der Waals surface area contributed by atoms with Gasteiger partial charge in [-0.2, -0.15) is 0 Å². The number of hydrogen-bond acceptors (Lipinski definition) is 8. The molecule has 0 radical (unpaired) electrons.